The minimum absolute atomic E-state index is 0.620. The summed E-state index contributed by atoms with van der Waals surface area (Å²) in [5.74, 6) is 0. The molecule has 18 heavy (non-hydrogen) atoms. The van der Waals surface area contributed by atoms with Crippen molar-refractivity contribution >= 4 is 0 Å². The van der Waals surface area contributed by atoms with Gasteiger partial charge >= 0.3 is 6.18 Å². The second kappa shape index (κ2) is 4.19. The molecule has 0 saturated heterocycles. The number of alkyl halides is 3. The fourth-order valence-corrected chi connectivity index (χ4v) is 2.12. The van der Waals surface area contributed by atoms with E-state index in [1.807, 2.05) is 31.4 Å². The molecular weight excluding hydrogens is 239 g/mol. The summed E-state index contributed by atoms with van der Waals surface area (Å²) in [6.45, 7) is 5.89. The third-order valence-electron chi connectivity index (χ3n) is 3.14. The molecule has 0 saturated carbocycles. The van der Waals surface area contributed by atoms with E-state index >= 15 is 0 Å². The molecule has 0 fully saturated rings. The van der Waals surface area contributed by atoms with Crippen LogP contribution < -0.4 is 0 Å². The maximum Gasteiger partial charge on any atom is 0.416 e. The van der Waals surface area contributed by atoms with Crippen LogP contribution in [-0.4, -0.2) is 4.57 Å². The van der Waals surface area contributed by atoms with E-state index in [1.54, 1.807) is 0 Å². The first-order chi connectivity index (χ1) is 8.30. The van der Waals surface area contributed by atoms with E-state index in [0.29, 0.717) is 0 Å². The molecule has 2 rings (SSSR count). The van der Waals surface area contributed by atoms with Crippen LogP contribution in [0, 0.1) is 20.8 Å². The average Bonchev–Trinajstić information content (AvgIpc) is 2.52. The van der Waals surface area contributed by atoms with Crippen molar-refractivity contribution in [3.63, 3.8) is 0 Å². The van der Waals surface area contributed by atoms with Gasteiger partial charge in [-0.25, -0.2) is 0 Å². The molecule has 0 unspecified atom stereocenters. The fourth-order valence-electron chi connectivity index (χ4n) is 2.12. The normalized spacial score (nSPS) is 11.9. The second-order valence-corrected chi connectivity index (χ2v) is 4.43. The van der Waals surface area contributed by atoms with Gasteiger partial charge in [0.15, 0.2) is 0 Å². The van der Waals surface area contributed by atoms with Gasteiger partial charge in [-0.05, 0) is 56.7 Å². The molecule has 1 aromatic heterocycles. The molecule has 0 radical (unpaired) electrons. The number of nitrogens with zero attached hydrogens (tertiary/aromatic N) is 1. The predicted octanol–water partition coefficient (Wildman–Crippen LogP) is 4.42. The fraction of sp³-hybridized carbons (Fsp3) is 0.286. The van der Waals surface area contributed by atoms with Crippen molar-refractivity contribution in [3.8, 4) is 5.69 Å². The predicted molar refractivity (Wildman–Crippen MR) is 65.0 cm³/mol. The Kier molecular flexibility index (Phi) is 2.97. The molecule has 1 nitrogen and oxygen atoms in total. The molecule has 0 aliphatic rings. The van der Waals surface area contributed by atoms with Crippen molar-refractivity contribution in [1.82, 2.24) is 4.57 Å². The van der Waals surface area contributed by atoms with Gasteiger partial charge in [0.05, 0.1) is 5.56 Å². The lowest BCUT2D eigenvalue weighted by Crippen LogP contribution is -2.05. The van der Waals surface area contributed by atoms with Crippen LogP contribution in [0.1, 0.15) is 22.5 Å². The van der Waals surface area contributed by atoms with Crippen LogP contribution in [0.15, 0.2) is 30.3 Å². The molecule has 0 atom stereocenters. The zero-order valence-electron chi connectivity index (χ0n) is 10.5. The Hall–Kier alpha value is -1.71. The summed E-state index contributed by atoms with van der Waals surface area (Å²) in [6, 6.07) is 7.25. The zero-order chi connectivity index (χ0) is 13.5. The van der Waals surface area contributed by atoms with Gasteiger partial charge in [-0.3, -0.25) is 0 Å². The second-order valence-electron chi connectivity index (χ2n) is 4.43. The summed E-state index contributed by atoms with van der Waals surface area (Å²) >= 11 is 0. The first-order valence-electron chi connectivity index (χ1n) is 5.64. The average molecular weight is 253 g/mol. The number of halogens is 3. The van der Waals surface area contributed by atoms with E-state index < -0.39 is 11.7 Å². The van der Waals surface area contributed by atoms with Gasteiger partial charge in [0, 0.05) is 17.1 Å². The summed E-state index contributed by atoms with van der Waals surface area (Å²) in [4.78, 5) is 0. The highest BCUT2D eigenvalue weighted by Crippen LogP contribution is 2.30. The number of rotatable bonds is 1. The number of aromatic nitrogens is 1. The highest BCUT2D eigenvalue weighted by atomic mass is 19.4. The highest BCUT2D eigenvalue weighted by Gasteiger charge is 2.30. The van der Waals surface area contributed by atoms with Crippen LogP contribution in [-0.2, 0) is 6.18 Å². The maximum atomic E-state index is 12.5. The zero-order valence-corrected chi connectivity index (χ0v) is 10.5. The van der Waals surface area contributed by atoms with Crippen LogP contribution in [0.25, 0.3) is 5.69 Å². The first-order valence-corrected chi connectivity index (χ1v) is 5.64. The van der Waals surface area contributed by atoms with Crippen LogP contribution in [0.5, 0.6) is 0 Å². The monoisotopic (exact) mass is 253 g/mol. The Morgan fingerprint density at radius 3 is 1.89 bits per heavy atom. The number of aryl methyl sites for hydroxylation is 2. The van der Waals surface area contributed by atoms with Crippen molar-refractivity contribution < 1.29 is 13.2 Å². The summed E-state index contributed by atoms with van der Waals surface area (Å²) in [7, 11) is 0. The molecule has 4 heteroatoms. The molecular formula is C14H14F3N. The van der Waals surface area contributed by atoms with Crippen LogP contribution >= 0.6 is 0 Å². The lowest BCUT2D eigenvalue weighted by molar-refractivity contribution is -0.137. The van der Waals surface area contributed by atoms with E-state index in [4.69, 9.17) is 0 Å². The van der Waals surface area contributed by atoms with Crippen LogP contribution in [0.4, 0.5) is 13.2 Å². The summed E-state index contributed by atoms with van der Waals surface area (Å²) in [6.07, 6.45) is -4.28. The Morgan fingerprint density at radius 1 is 0.944 bits per heavy atom. The Balaban J connectivity index is 2.47. The SMILES string of the molecule is Cc1cc(C)n(-c2ccc(C(F)(F)F)cc2)c1C. The lowest BCUT2D eigenvalue weighted by Gasteiger charge is -2.12. The number of benzene rings is 1. The number of hydrogen-bond acceptors (Lipinski definition) is 0. The molecule has 0 spiro atoms. The minimum atomic E-state index is -4.28. The molecule has 1 aromatic carbocycles. The molecule has 0 aliphatic carbocycles. The third kappa shape index (κ3) is 2.15. The Morgan fingerprint density at radius 2 is 1.50 bits per heavy atom. The van der Waals surface area contributed by atoms with Crippen molar-refractivity contribution in [2.75, 3.05) is 0 Å². The van der Waals surface area contributed by atoms with E-state index in [-0.39, 0.29) is 0 Å². The summed E-state index contributed by atoms with van der Waals surface area (Å²) in [5.41, 5.74) is 3.33. The van der Waals surface area contributed by atoms with Gasteiger partial charge in [0.1, 0.15) is 0 Å². The van der Waals surface area contributed by atoms with E-state index in [2.05, 4.69) is 0 Å². The molecule has 0 N–H and O–H groups in total. The standard InChI is InChI=1S/C14H14F3N/c1-9-8-10(2)18(11(9)3)13-6-4-12(5-7-13)14(15,16)17/h4-8H,1-3H3. The van der Waals surface area contributed by atoms with Gasteiger partial charge in [0.2, 0.25) is 0 Å². The first kappa shape index (κ1) is 12.7. The van der Waals surface area contributed by atoms with Crippen LogP contribution in [0.2, 0.25) is 0 Å². The largest absolute Gasteiger partial charge is 0.416 e. The van der Waals surface area contributed by atoms with Gasteiger partial charge in [0.25, 0.3) is 0 Å². The smallest absolute Gasteiger partial charge is 0.318 e. The van der Waals surface area contributed by atoms with E-state index in [1.165, 1.54) is 12.1 Å². The molecule has 0 bridgehead atoms. The van der Waals surface area contributed by atoms with E-state index in [9.17, 15) is 13.2 Å². The maximum absolute atomic E-state index is 12.5. The van der Waals surface area contributed by atoms with Gasteiger partial charge in [-0.15, -0.1) is 0 Å². The van der Waals surface area contributed by atoms with Crippen LogP contribution in [0.3, 0.4) is 0 Å². The Bertz CT molecular complexity index is 562. The molecule has 2 aromatic rings. The molecule has 96 valence electrons. The van der Waals surface area contributed by atoms with Crippen molar-refractivity contribution in [3.05, 3.63) is 52.8 Å². The Labute approximate surface area is 104 Å². The van der Waals surface area contributed by atoms with Crippen molar-refractivity contribution in [2.45, 2.75) is 26.9 Å². The van der Waals surface area contributed by atoms with Gasteiger partial charge in [-0.2, -0.15) is 13.2 Å². The lowest BCUT2D eigenvalue weighted by atomic mass is 10.2. The topological polar surface area (TPSA) is 4.93 Å². The van der Waals surface area contributed by atoms with Crippen molar-refractivity contribution in [2.24, 2.45) is 0 Å². The quantitative estimate of drug-likeness (QED) is 0.709. The molecule has 0 amide bonds. The highest BCUT2D eigenvalue weighted by molar-refractivity contribution is 5.42. The molecule has 0 aliphatic heterocycles. The van der Waals surface area contributed by atoms with E-state index in [0.717, 1.165) is 34.8 Å². The molecule has 1 heterocycles. The number of hydrogen-bond donors (Lipinski definition) is 0. The van der Waals surface area contributed by atoms with Crippen molar-refractivity contribution in [1.29, 1.82) is 0 Å². The van der Waals surface area contributed by atoms with Gasteiger partial charge in [-0.1, -0.05) is 0 Å². The summed E-state index contributed by atoms with van der Waals surface area (Å²) < 4.78 is 39.4. The summed E-state index contributed by atoms with van der Waals surface area (Å²) in [5, 5.41) is 0. The van der Waals surface area contributed by atoms with Gasteiger partial charge < -0.3 is 4.57 Å². The minimum Gasteiger partial charge on any atom is -0.318 e. The third-order valence-corrected chi connectivity index (χ3v) is 3.14.